The fourth-order valence-electron chi connectivity index (χ4n) is 2.17. The highest BCUT2D eigenvalue weighted by Crippen LogP contribution is 2.29. The number of hydrogen-bond acceptors (Lipinski definition) is 6. The second-order valence-corrected chi connectivity index (χ2v) is 5.94. The summed E-state index contributed by atoms with van der Waals surface area (Å²) in [5.41, 5.74) is 2.50. The van der Waals surface area contributed by atoms with Crippen LogP contribution in [0.4, 0.5) is 10.5 Å². The van der Waals surface area contributed by atoms with Crippen LogP contribution in [-0.4, -0.2) is 25.7 Å². The summed E-state index contributed by atoms with van der Waals surface area (Å²) in [7, 11) is 0. The van der Waals surface area contributed by atoms with Crippen molar-refractivity contribution in [2.75, 3.05) is 5.32 Å². The molecule has 0 aliphatic rings. The average molecular weight is 317 g/mol. The number of fused-ring (bicyclic) bond motifs is 1. The molecule has 114 valence electrons. The lowest BCUT2D eigenvalue weighted by molar-refractivity contribution is 0.122. The fraction of sp³-hybridized carbons (Fsp3) is 0.286. The molecule has 1 unspecified atom stereocenters. The van der Waals surface area contributed by atoms with Gasteiger partial charge in [-0.2, -0.15) is 5.10 Å². The zero-order valence-electron chi connectivity index (χ0n) is 12.4. The van der Waals surface area contributed by atoms with E-state index < -0.39 is 6.09 Å². The molecular formula is C14H15N5O2S. The van der Waals surface area contributed by atoms with Crippen molar-refractivity contribution in [1.29, 1.82) is 0 Å². The molecule has 0 aromatic carbocycles. The minimum Gasteiger partial charge on any atom is -0.440 e. The number of anilines is 1. The van der Waals surface area contributed by atoms with Crippen LogP contribution in [-0.2, 0) is 4.74 Å². The van der Waals surface area contributed by atoms with Crippen LogP contribution >= 0.6 is 11.3 Å². The summed E-state index contributed by atoms with van der Waals surface area (Å²) in [5, 5.41) is 6.80. The van der Waals surface area contributed by atoms with Crippen molar-refractivity contribution >= 4 is 28.1 Å². The van der Waals surface area contributed by atoms with Gasteiger partial charge in [-0.15, -0.1) is 0 Å². The van der Waals surface area contributed by atoms with E-state index in [2.05, 4.69) is 20.4 Å². The van der Waals surface area contributed by atoms with Crippen LogP contribution < -0.4 is 5.32 Å². The molecule has 0 spiro atoms. The number of nitrogens with one attached hydrogen (secondary N) is 1. The zero-order chi connectivity index (χ0) is 15.7. The summed E-state index contributed by atoms with van der Waals surface area (Å²) in [6.07, 6.45) is 3.90. The molecule has 3 rings (SSSR count). The van der Waals surface area contributed by atoms with E-state index in [1.807, 2.05) is 26.8 Å². The second-order valence-electron chi connectivity index (χ2n) is 4.93. The Morgan fingerprint density at radius 3 is 2.95 bits per heavy atom. The van der Waals surface area contributed by atoms with Gasteiger partial charge in [-0.3, -0.25) is 10.3 Å². The summed E-state index contributed by atoms with van der Waals surface area (Å²) in [5.74, 6) is 0. The van der Waals surface area contributed by atoms with Crippen LogP contribution in [0, 0.1) is 13.8 Å². The molecule has 3 heterocycles. The summed E-state index contributed by atoms with van der Waals surface area (Å²) >= 11 is 1.46. The smallest absolute Gasteiger partial charge is 0.412 e. The summed E-state index contributed by atoms with van der Waals surface area (Å²) < 4.78 is 7.16. The van der Waals surface area contributed by atoms with E-state index in [9.17, 15) is 4.79 Å². The topological polar surface area (TPSA) is 81.4 Å². The van der Waals surface area contributed by atoms with Crippen molar-refractivity contribution in [3.63, 3.8) is 0 Å². The lowest BCUT2D eigenvalue weighted by atomic mass is 10.3. The van der Waals surface area contributed by atoms with Crippen molar-refractivity contribution in [3.8, 4) is 0 Å². The zero-order valence-corrected chi connectivity index (χ0v) is 13.2. The van der Waals surface area contributed by atoms with Crippen molar-refractivity contribution in [1.82, 2.24) is 19.6 Å². The number of rotatable bonds is 3. The quantitative estimate of drug-likeness (QED) is 0.802. The summed E-state index contributed by atoms with van der Waals surface area (Å²) in [6.45, 7) is 5.66. The maximum atomic E-state index is 12.0. The van der Waals surface area contributed by atoms with E-state index in [0.717, 1.165) is 21.1 Å². The number of pyridine rings is 1. The number of thiazole rings is 1. The predicted octanol–water partition coefficient (Wildman–Crippen LogP) is 3.11. The van der Waals surface area contributed by atoms with E-state index >= 15 is 0 Å². The monoisotopic (exact) mass is 317 g/mol. The first-order chi connectivity index (χ1) is 10.5. The maximum absolute atomic E-state index is 12.0. The highest BCUT2D eigenvalue weighted by molar-refractivity contribution is 7.17. The number of aromatic nitrogens is 4. The van der Waals surface area contributed by atoms with Crippen molar-refractivity contribution < 1.29 is 9.53 Å². The van der Waals surface area contributed by atoms with Crippen molar-refractivity contribution in [2.24, 2.45) is 0 Å². The number of carbonyl (C=O) groups excluding carboxylic acids is 1. The van der Waals surface area contributed by atoms with Gasteiger partial charge in [-0.05, 0) is 32.4 Å². The number of hydrogen-bond donors (Lipinski definition) is 1. The highest BCUT2D eigenvalue weighted by atomic mass is 32.1. The van der Waals surface area contributed by atoms with Gasteiger partial charge in [0.05, 0.1) is 22.5 Å². The molecule has 1 N–H and O–H groups in total. The number of ether oxygens (including phenoxy) is 1. The van der Waals surface area contributed by atoms with Gasteiger partial charge in [0.2, 0.25) is 4.96 Å². The second kappa shape index (κ2) is 5.72. The molecule has 0 radical (unpaired) electrons. The molecule has 3 aromatic rings. The normalized spacial score (nSPS) is 12.3. The van der Waals surface area contributed by atoms with E-state index in [1.165, 1.54) is 17.7 Å². The van der Waals surface area contributed by atoms with Gasteiger partial charge < -0.3 is 4.74 Å². The van der Waals surface area contributed by atoms with Crippen LogP contribution in [0.1, 0.15) is 29.2 Å². The Labute approximate surface area is 131 Å². The highest BCUT2D eigenvalue weighted by Gasteiger charge is 2.19. The molecule has 1 amide bonds. The first kappa shape index (κ1) is 14.5. The number of aryl methyl sites for hydroxylation is 2. The Morgan fingerprint density at radius 1 is 1.41 bits per heavy atom. The van der Waals surface area contributed by atoms with Crippen LogP contribution in [0.3, 0.4) is 0 Å². The van der Waals surface area contributed by atoms with Crippen molar-refractivity contribution in [2.45, 2.75) is 26.9 Å². The van der Waals surface area contributed by atoms with Crippen molar-refractivity contribution in [3.05, 3.63) is 40.9 Å². The van der Waals surface area contributed by atoms with Gasteiger partial charge in [-0.1, -0.05) is 11.3 Å². The minimum atomic E-state index is -0.515. The predicted molar refractivity (Wildman–Crippen MR) is 83.1 cm³/mol. The van der Waals surface area contributed by atoms with E-state index in [1.54, 1.807) is 16.9 Å². The number of carbonyl (C=O) groups is 1. The van der Waals surface area contributed by atoms with E-state index in [-0.39, 0.29) is 6.10 Å². The van der Waals surface area contributed by atoms with E-state index in [4.69, 9.17) is 4.74 Å². The van der Waals surface area contributed by atoms with Crippen LogP contribution in [0.25, 0.3) is 4.96 Å². The third-order valence-corrected chi connectivity index (χ3v) is 4.47. The van der Waals surface area contributed by atoms with Crippen LogP contribution in [0.2, 0.25) is 0 Å². The Hall–Kier alpha value is -2.48. The molecule has 1 atom stereocenters. The minimum absolute atomic E-state index is 0.383. The first-order valence-electron chi connectivity index (χ1n) is 6.73. The molecule has 22 heavy (non-hydrogen) atoms. The maximum Gasteiger partial charge on any atom is 0.412 e. The third-order valence-electron chi connectivity index (χ3n) is 3.17. The summed E-state index contributed by atoms with van der Waals surface area (Å²) in [6, 6.07) is 1.83. The third kappa shape index (κ3) is 2.77. The first-order valence-corrected chi connectivity index (χ1v) is 7.54. The van der Waals surface area contributed by atoms with Gasteiger partial charge in [0, 0.05) is 6.20 Å². The molecule has 0 fully saturated rings. The Bertz CT molecular complexity index is 826. The Morgan fingerprint density at radius 2 is 2.23 bits per heavy atom. The Kier molecular flexibility index (Phi) is 3.76. The standard InChI is InChI=1S/C14H15N5O2S/c1-8-4-11(6-15-5-8)18-14(20)21-10(3)12-9(2)19-13(22-12)16-7-17-19/h4-7,10H,1-3H3,(H,18,20). The molecular weight excluding hydrogens is 302 g/mol. The lowest BCUT2D eigenvalue weighted by Crippen LogP contribution is -2.16. The SMILES string of the molecule is Cc1cncc(NC(=O)OC(C)c2sc3ncnn3c2C)c1. The van der Waals surface area contributed by atoms with Gasteiger partial charge in [-0.25, -0.2) is 14.3 Å². The van der Waals surface area contributed by atoms with Gasteiger partial charge in [0.25, 0.3) is 0 Å². The average Bonchev–Trinajstić information content (AvgIpc) is 3.02. The Balaban J connectivity index is 1.70. The number of amides is 1. The molecule has 0 bridgehead atoms. The summed E-state index contributed by atoms with van der Waals surface area (Å²) in [4.78, 5) is 21.9. The molecule has 0 saturated heterocycles. The molecule has 0 aliphatic heterocycles. The van der Waals surface area contributed by atoms with E-state index in [0.29, 0.717) is 5.69 Å². The van der Waals surface area contributed by atoms with Gasteiger partial charge in [0.15, 0.2) is 0 Å². The van der Waals surface area contributed by atoms with Gasteiger partial charge in [0.1, 0.15) is 12.4 Å². The largest absolute Gasteiger partial charge is 0.440 e. The molecule has 8 heteroatoms. The van der Waals surface area contributed by atoms with Crippen LogP contribution in [0.5, 0.6) is 0 Å². The molecule has 7 nitrogen and oxygen atoms in total. The molecule has 3 aromatic heterocycles. The fourth-order valence-corrected chi connectivity index (χ4v) is 3.18. The molecule has 0 saturated carbocycles. The lowest BCUT2D eigenvalue weighted by Gasteiger charge is -2.13. The number of nitrogens with zero attached hydrogens (tertiary/aromatic N) is 4. The van der Waals surface area contributed by atoms with Crippen LogP contribution in [0.15, 0.2) is 24.8 Å². The molecule has 0 aliphatic carbocycles. The van der Waals surface area contributed by atoms with Gasteiger partial charge >= 0.3 is 6.09 Å².